The van der Waals surface area contributed by atoms with Crippen LogP contribution in [-0.2, 0) is 5.41 Å². The first-order valence-electron chi connectivity index (χ1n) is 18.3. The zero-order valence-corrected chi connectivity index (χ0v) is 30.1. The lowest BCUT2D eigenvalue weighted by Crippen LogP contribution is -2.54. The van der Waals surface area contributed by atoms with E-state index >= 15 is 0 Å². The summed E-state index contributed by atoms with van der Waals surface area (Å²) >= 11 is 0. The van der Waals surface area contributed by atoms with E-state index in [9.17, 15) is 0 Å². The van der Waals surface area contributed by atoms with E-state index < -0.39 is 8.07 Å². The number of rotatable bonds is 5. The third-order valence-corrected chi connectivity index (χ3v) is 17.1. The van der Waals surface area contributed by atoms with Gasteiger partial charge in [-0.05, 0) is 66.4 Å². The van der Waals surface area contributed by atoms with Gasteiger partial charge < -0.3 is 4.74 Å². The van der Waals surface area contributed by atoms with E-state index in [0.717, 1.165) is 45.2 Å². The predicted octanol–water partition coefficient (Wildman–Crippen LogP) is 10.1. The largest absolute Gasteiger partial charge is 0.458 e. The van der Waals surface area contributed by atoms with E-state index in [1.165, 1.54) is 59.2 Å². The summed E-state index contributed by atoms with van der Waals surface area (Å²) in [6.45, 7) is 4.88. The van der Waals surface area contributed by atoms with Crippen molar-refractivity contribution in [3.8, 4) is 28.7 Å². The fraction of sp³-hybridized carbons (Fsp3) is 0.200. The van der Waals surface area contributed by atoms with Gasteiger partial charge in [0.2, 0.25) is 0 Å². The van der Waals surface area contributed by atoms with E-state index in [4.69, 9.17) is 9.72 Å². The van der Waals surface area contributed by atoms with Crippen molar-refractivity contribution >= 4 is 46.1 Å². The molecule has 0 unspecified atom stereocenters. The molecule has 1 spiro atoms. The number of fused-ring (bicyclic) bond motifs is 6. The van der Waals surface area contributed by atoms with Crippen molar-refractivity contribution in [2.75, 3.05) is 0 Å². The molecule has 5 nitrogen and oxygen atoms in total. The molecule has 2 aliphatic heterocycles. The summed E-state index contributed by atoms with van der Waals surface area (Å²) in [7, 11) is -1.52. The molecular formula is C45H40N4OSi. The van der Waals surface area contributed by atoms with Crippen LogP contribution < -0.4 is 14.5 Å². The van der Waals surface area contributed by atoms with E-state index in [1.54, 1.807) is 5.19 Å². The number of ether oxygens (including phenoxy) is 1. The first-order valence-corrected chi connectivity index (χ1v) is 20.9. The van der Waals surface area contributed by atoms with Crippen molar-refractivity contribution < 1.29 is 9.30 Å². The lowest BCUT2D eigenvalue weighted by molar-refractivity contribution is -0.572. The molecule has 1 saturated heterocycles. The number of hydrogen-bond donors (Lipinski definition) is 0. The van der Waals surface area contributed by atoms with Gasteiger partial charge >= 0.3 is 0 Å². The van der Waals surface area contributed by atoms with Crippen LogP contribution in [-0.4, -0.2) is 22.2 Å². The Labute approximate surface area is 299 Å². The van der Waals surface area contributed by atoms with Gasteiger partial charge in [0.15, 0.2) is 0 Å². The molecule has 0 saturated carbocycles. The SMILES string of the molecule is CC1(C)CC[Si]2(CCCC2)c2ccnc(-n3c4ccccc4c4ccc(Oc5cccc(-n6[c-][n+](-c7ccccc7)c7ccccc76)c5)cc43)c21. The highest BCUT2D eigenvalue weighted by Crippen LogP contribution is 2.46. The molecule has 3 aromatic heterocycles. The van der Waals surface area contributed by atoms with Crippen LogP contribution in [0.1, 0.15) is 38.7 Å². The van der Waals surface area contributed by atoms with Crippen LogP contribution in [0, 0.1) is 6.33 Å². The van der Waals surface area contributed by atoms with Crippen molar-refractivity contribution in [2.45, 2.75) is 56.7 Å². The van der Waals surface area contributed by atoms with Crippen LogP contribution in [0.4, 0.5) is 0 Å². The number of pyridine rings is 1. The highest BCUT2D eigenvalue weighted by molar-refractivity contribution is 6.93. The predicted molar refractivity (Wildman–Crippen MR) is 209 cm³/mol. The third-order valence-electron chi connectivity index (χ3n) is 11.7. The summed E-state index contributed by atoms with van der Waals surface area (Å²) in [6.07, 6.45) is 9.70. The quantitative estimate of drug-likeness (QED) is 0.103. The number of imidazole rings is 1. The summed E-state index contributed by atoms with van der Waals surface area (Å²) in [4.78, 5) is 5.23. The van der Waals surface area contributed by atoms with Crippen LogP contribution in [0.2, 0.25) is 18.1 Å². The Bertz CT molecular complexity index is 2610. The molecule has 2 aliphatic rings. The lowest BCUT2D eigenvalue weighted by atomic mass is 9.81. The van der Waals surface area contributed by atoms with Crippen molar-refractivity contribution in [3.05, 3.63) is 145 Å². The molecule has 0 aliphatic carbocycles. The summed E-state index contributed by atoms with van der Waals surface area (Å²) in [5, 5.41) is 4.12. The molecule has 1 fully saturated rings. The molecular weight excluding hydrogens is 641 g/mol. The Morgan fingerprint density at radius 2 is 1.45 bits per heavy atom. The molecule has 6 heteroatoms. The maximum absolute atomic E-state index is 6.71. The Balaban J connectivity index is 1.09. The summed E-state index contributed by atoms with van der Waals surface area (Å²) < 4.78 is 13.4. The van der Waals surface area contributed by atoms with Crippen molar-refractivity contribution in [1.29, 1.82) is 0 Å². The third kappa shape index (κ3) is 4.80. The van der Waals surface area contributed by atoms with Crippen molar-refractivity contribution in [3.63, 3.8) is 0 Å². The average Bonchev–Trinajstić information content (AvgIpc) is 3.89. The van der Waals surface area contributed by atoms with E-state index in [-0.39, 0.29) is 5.41 Å². The minimum Gasteiger partial charge on any atom is -0.458 e. The molecule has 5 heterocycles. The first-order chi connectivity index (χ1) is 25.0. The Kier molecular flexibility index (Phi) is 6.87. The maximum atomic E-state index is 6.71. The van der Waals surface area contributed by atoms with Crippen LogP contribution in [0.25, 0.3) is 50.0 Å². The van der Waals surface area contributed by atoms with Crippen molar-refractivity contribution in [2.24, 2.45) is 0 Å². The molecule has 250 valence electrons. The van der Waals surface area contributed by atoms with Gasteiger partial charge in [-0.1, -0.05) is 117 Å². The number of nitrogens with zero attached hydrogens (tertiary/aromatic N) is 4. The fourth-order valence-electron chi connectivity index (χ4n) is 9.20. The van der Waals surface area contributed by atoms with Gasteiger partial charge in [-0.25, -0.2) is 4.98 Å². The molecule has 51 heavy (non-hydrogen) atoms. The highest BCUT2D eigenvalue weighted by atomic mass is 28.3. The van der Waals surface area contributed by atoms with E-state index in [2.05, 4.69) is 155 Å². The lowest BCUT2D eigenvalue weighted by Gasteiger charge is -2.43. The molecule has 0 amide bonds. The van der Waals surface area contributed by atoms with Gasteiger partial charge in [-0.15, -0.1) is 0 Å². The number of aromatic nitrogens is 4. The number of hydrogen-bond acceptors (Lipinski definition) is 2. The Morgan fingerprint density at radius 1 is 0.706 bits per heavy atom. The second-order valence-electron chi connectivity index (χ2n) is 15.2. The standard InChI is InChI=1S/C45H40N4OSi/c1-45(2)24-28-51(26-10-11-27-51)42-23-25-46-44(43(42)45)49-38-18-7-6-17-36(38)37-22-21-35(30-41(37)49)50-34-16-12-15-33(29-34)48-31-47(32-13-4-3-5-14-32)39-19-8-9-20-40(39)48/h3-9,12-23,25,29-30H,10-11,24,26-28H2,1-2H3. The average molecular weight is 681 g/mol. The number of benzene rings is 5. The molecule has 0 bridgehead atoms. The fourth-order valence-corrected chi connectivity index (χ4v) is 15.1. The summed E-state index contributed by atoms with van der Waals surface area (Å²) in [5.41, 5.74) is 8.09. The zero-order chi connectivity index (χ0) is 34.2. The van der Waals surface area contributed by atoms with Gasteiger partial charge in [-0.3, -0.25) is 13.7 Å². The van der Waals surface area contributed by atoms with Crippen LogP contribution in [0.3, 0.4) is 0 Å². The molecule has 0 radical (unpaired) electrons. The van der Waals surface area contributed by atoms with Gasteiger partial charge in [0.05, 0.1) is 41.5 Å². The van der Waals surface area contributed by atoms with Gasteiger partial charge in [0.1, 0.15) is 17.3 Å². The van der Waals surface area contributed by atoms with E-state index in [0.29, 0.717) is 0 Å². The van der Waals surface area contributed by atoms with Crippen LogP contribution in [0.15, 0.2) is 134 Å². The monoisotopic (exact) mass is 680 g/mol. The van der Waals surface area contributed by atoms with E-state index in [1.807, 2.05) is 12.1 Å². The normalized spacial score (nSPS) is 16.3. The summed E-state index contributed by atoms with van der Waals surface area (Å²) in [6, 6.07) is 49.1. The number of para-hydroxylation sites is 4. The highest BCUT2D eigenvalue weighted by Gasteiger charge is 2.47. The second-order valence-corrected chi connectivity index (χ2v) is 19.8. The molecule has 0 atom stereocenters. The maximum Gasteiger partial charge on any atom is 0.269 e. The second kappa shape index (κ2) is 11.5. The van der Waals surface area contributed by atoms with Gasteiger partial charge in [0, 0.05) is 28.6 Å². The minimum absolute atomic E-state index is 0.0599. The molecule has 5 aromatic carbocycles. The van der Waals surface area contributed by atoms with Crippen LogP contribution >= 0.6 is 0 Å². The van der Waals surface area contributed by atoms with Crippen LogP contribution in [0.5, 0.6) is 11.5 Å². The Morgan fingerprint density at radius 3 is 2.31 bits per heavy atom. The molecule has 10 rings (SSSR count). The zero-order valence-electron chi connectivity index (χ0n) is 29.1. The smallest absolute Gasteiger partial charge is 0.269 e. The van der Waals surface area contributed by atoms with Gasteiger partial charge in [0.25, 0.3) is 6.33 Å². The molecule has 0 N–H and O–H groups in total. The van der Waals surface area contributed by atoms with Gasteiger partial charge in [-0.2, -0.15) is 0 Å². The molecule has 8 aromatic rings. The summed E-state index contributed by atoms with van der Waals surface area (Å²) in [5.74, 6) is 2.68. The first kappa shape index (κ1) is 30.4. The minimum atomic E-state index is -1.52. The topological polar surface area (TPSA) is 35.9 Å². The Hall–Kier alpha value is -5.46. The van der Waals surface area contributed by atoms with Crippen molar-refractivity contribution in [1.82, 2.24) is 14.1 Å².